The molecule has 1 saturated heterocycles. The van der Waals surface area contributed by atoms with Gasteiger partial charge in [0, 0.05) is 25.7 Å². The Balaban J connectivity index is 1.34. The van der Waals surface area contributed by atoms with Crippen LogP contribution in [0.25, 0.3) is 0 Å². The Labute approximate surface area is 166 Å². The van der Waals surface area contributed by atoms with Gasteiger partial charge in [-0.05, 0) is 50.2 Å². The molecule has 2 fully saturated rings. The number of amides is 3. The van der Waals surface area contributed by atoms with E-state index in [1.54, 1.807) is 12.1 Å². The molecule has 0 bridgehead atoms. The predicted octanol–water partition coefficient (Wildman–Crippen LogP) is 4.21. The Morgan fingerprint density at radius 3 is 2.44 bits per heavy atom. The van der Waals surface area contributed by atoms with E-state index >= 15 is 0 Å². The molecule has 1 heterocycles. The fraction of sp³-hybridized carbons (Fsp3) is 0.619. The molecule has 6 heteroatoms. The molecule has 148 valence electrons. The molecule has 0 radical (unpaired) electrons. The number of hydrogen-bond acceptors (Lipinski definition) is 2. The highest BCUT2D eigenvalue weighted by Crippen LogP contribution is 2.22. The van der Waals surface area contributed by atoms with E-state index in [1.165, 1.54) is 19.3 Å². The Morgan fingerprint density at radius 1 is 1.04 bits per heavy atom. The first-order chi connectivity index (χ1) is 13.1. The lowest BCUT2D eigenvalue weighted by molar-refractivity contribution is 0.0949. The van der Waals surface area contributed by atoms with E-state index in [1.807, 2.05) is 17.0 Å². The summed E-state index contributed by atoms with van der Waals surface area (Å²) in [6.07, 6.45) is 8.93. The Hall–Kier alpha value is -1.75. The van der Waals surface area contributed by atoms with Crippen molar-refractivity contribution >= 4 is 23.5 Å². The lowest BCUT2D eigenvalue weighted by Crippen LogP contribution is -2.48. The molecule has 1 saturated carbocycles. The van der Waals surface area contributed by atoms with Gasteiger partial charge in [-0.2, -0.15) is 0 Å². The molecular formula is C21H30ClN3O2. The van der Waals surface area contributed by atoms with Crippen LogP contribution in [0.3, 0.4) is 0 Å². The van der Waals surface area contributed by atoms with Crippen LogP contribution in [0.15, 0.2) is 24.3 Å². The summed E-state index contributed by atoms with van der Waals surface area (Å²) in [7, 11) is 0. The smallest absolute Gasteiger partial charge is 0.317 e. The lowest BCUT2D eigenvalue weighted by Gasteiger charge is -2.34. The summed E-state index contributed by atoms with van der Waals surface area (Å²) in [4.78, 5) is 26.5. The summed E-state index contributed by atoms with van der Waals surface area (Å²) in [5, 5.41) is 6.64. The van der Waals surface area contributed by atoms with Crippen LogP contribution in [0.4, 0.5) is 4.79 Å². The molecule has 0 spiro atoms. The summed E-state index contributed by atoms with van der Waals surface area (Å²) in [5.74, 6) is 0.431. The summed E-state index contributed by atoms with van der Waals surface area (Å²) in [6.45, 7) is 2.26. The van der Waals surface area contributed by atoms with Gasteiger partial charge in [0.15, 0.2) is 0 Å². The van der Waals surface area contributed by atoms with Crippen molar-refractivity contribution in [2.45, 2.75) is 57.4 Å². The van der Waals surface area contributed by atoms with E-state index < -0.39 is 0 Å². The number of carbonyl (C=O) groups excluding carboxylic acids is 2. The Morgan fingerprint density at radius 2 is 1.74 bits per heavy atom. The van der Waals surface area contributed by atoms with E-state index in [-0.39, 0.29) is 11.9 Å². The van der Waals surface area contributed by atoms with Gasteiger partial charge in [-0.25, -0.2) is 4.79 Å². The lowest BCUT2D eigenvalue weighted by atomic mass is 9.93. The summed E-state index contributed by atoms with van der Waals surface area (Å²) >= 11 is 6.06. The van der Waals surface area contributed by atoms with Gasteiger partial charge in [-0.1, -0.05) is 43.0 Å². The van der Waals surface area contributed by atoms with E-state index in [4.69, 9.17) is 11.6 Å². The van der Waals surface area contributed by atoms with Gasteiger partial charge in [0.1, 0.15) is 0 Å². The highest BCUT2D eigenvalue weighted by molar-refractivity contribution is 6.33. The normalized spacial score (nSPS) is 18.9. The standard InChI is InChI=1S/C21H30ClN3O2/c22-19-9-5-4-8-18(19)20(26)23-13-10-16-11-14-25(15-12-16)21(27)24-17-6-2-1-3-7-17/h4-5,8-9,16-17H,1-3,6-7,10-15H2,(H,23,26)(H,24,27). The van der Waals surface area contributed by atoms with Gasteiger partial charge in [0.2, 0.25) is 0 Å². The third-order valence-corrected chi connectivity index (χ3v) is 6.12. The van der Waals surface area contributed by atoms with Gasteiger partial charge >= 0.3 is 6.03 Å². The Bertz CT molecular complexity index is 638. The first kappa shape index (κ1) is 20.0. The minimum absolute atomic E-state index is 0.104. The second-order valence-corrected chi connectivity index (χ2v) is 8.15. The monoisotopic (exact) mass is 391 g/mol. The second kappa shape index (κ2) is 9.98. The van der Waals surface area contributed by atoms with E-state index in [0.717, 1.165) is 45.2 Å². The van der Waals surface area contributed by atoms with Crippen molar-refractivity contribution < 1.29 is 9.59 Å². The summed E-state index contributed by atoms with van der Waals surface area (Å²) in [6, 6.07) is 7.56. The molecular weight excluding hydrogens is 362 g/mol. The molecule has 3 rings (SSSR count). The van der Waals surface area contributed by atoms with Crippen molar-refractivity contribution in [3.05, 3.63) is 34.9 Å². The third kappa shape index (κ3) is 5.86. The molecule has 3 amide bonds. The van der Waals surface area contributed by atoms with Crippen LogP contribution in [-0.2, 0) is 0 Å². The Kier molecular flexibility index (Phi) is 7.39. The van der Waals surface area contributed by atoms with Crippen molar-refractivity contribution in [2.24, 2.45) is 5.92 Å². The maximum absolute atomic E-state index is 12.4. The first-order valence-corrected chi connectivity index (χ1v) is 10.6. The number of nitrogens with one attached hydrogen (secondary N) is 2. The van der Waals surface area contributed by atoms with Gasteiger partial charge in [-0.15, -0.1) is 0 Å². The molecule has 2 N–H and O–H groups in total. The minimum atomic E-state index is -0.120. The SMILES string of the molecule is O=C(NCCC1CCN(C(=O)NC2CCCCC2)CC1)c1ccccc1Cl. The van der Waals surface area contributed by atoms with E-state index in [9.17, 15) is 9.59 Å². The van der Waals surface area contributed by atoms with Gasteiger partial charge in [0.05, 0.1) is 10.6 Å². The number of piperidine rings is 1. The van der Waals surface area contributed by atoms with Crippen LogP contribution < -0.4 is 10.6 Å². The zero-order valence-corrected chi connectivity index (χ0v) is 16.6. The minimum Gasteiger partial charge on any atom is -0.352 e. The zero-order chi connectivity index (χ0) is 19.1. The van der Waals surface area contributed by atoms with Crippen LogP contribution >= 0.6 is 11.6 Å². The fourth-order valence-electron chi connectivity index (χ4n) is 4.07. The molecule has 2 aliphatic rings. The number of urea groups is 1. The second-order valence-electron chi connectivity index (χ2n) is 7.74. The number of nitrogens with zero attached hydrogens (tertiary/aromatic N) is 1. The van der Waals surface area contributed by atoms with Crippen molar-refractivity contribution in [1.29, 1.82) is 0 Å². The van der Waals surface area contributed by atoms with Crippen LogP contribution in [0.2, 0.25) is 5.02 Å². The molecule has 1 aromatic carbocycles. The molecule has 1 aliphatic heterocycles. The quantitative estimate of drug-likeness (QED) is 0.789. The summed E-state index contributed by atoms with van der Waals surface area (Å²) < 4.78 is 0. The third-order valence-electron chi connectivity index (χ3n) is 5.79. The van der Waals surface area contributed by atoms with Crippen molar-refractivity contribution in [1.82, 2.24) is 15.5 Å². The molecule has 1 aliphatic carbocycles. The highest BCUT2D eigenvalue weighted by Gasteiger charge is 2.25. The molecule has 0 atom stereocenters. The molecule has 1 aromatic rings. The molecule has 5 nitrogen and oxygen atoms in total. The predicted molar refractivity (Wildman–Crippen MR) is 108 cm³/mol. The number of carbonyl (C=O) groups is 2. The van der Waals surface area contributed by atoms with Crippen molar-refractivity contribution in [3.63, 3.8) is 0 Å². The van der Waals surface area contributed by atoms with Crippen LogP contribution in [-0.4, -0.2) is 42.5 Å². The number of benzene rings is 1. The average Bonchev–Trinajstić information content (AvgIpc) is 2.69. The number of likely N-dealkylation sites (tertiary alicyclic amines) is 1. The van der Waals surface area contributed by atoms with Gasteiger partial charge < -0.3 is 15.5 Å². The molecule has 27 heavy (non-hydrogen) atoms. The van der Waals surface area contributed by atoms with Crippen molar-refractivity contribution in [2.75, 3.05) is 19.6 Å². The maximum atomic E-state index is 12.4. The topological polar surface area (TPSA) is 61.4 Å². The highest BCUT2D eigenvalue weighted by atomic mass is 35.5. The largest absolute Gasteiger partial charge is 0.352 e. The van der Waals surface area contributed by atoms with Crippen molar-refractivity contribution in [3.8, 4) is 0 Å². The first-order valence-electron chi connectivity index (χ1n) is 10.2. The van der Waals surface area contributed by atoms with Gasteiger partial charge in [0.25, 0.3) is 5.91 Å². The fourth-order valence-corrected chi connectivity index (χ4v) is 4.29. The number of rotatable bonds is 5. The van der Waals surface area contributed by atoms with Gasteiger partial charge in [-0.3, -0.25) is 4.79 Å². The summed E-state index contributed by atoms with van der Waals surface area (Å²) in [5.41, 5.74) is 0.522. The molecule has 0 unspecified atom stereocenters. The zero-order valence-electron chi connectivity index (χ0n) is 15.9. The van der Waals surface area contributed by atoms with Crippen LogP contribution in [0.5, 0.6) is 0 Å². The van der Waals surface area contributed by atoms with E-state index in [0.29, 0.717) is 29.1 Å². The van der Waals surface area contributed by atoms with E-state index in [2.05, 4.69) is 10.6 Å². The average molecular weight is 392 g/mol. The maximum Gasteiger partial charge on any atom is 0.317 e. The molecule has 0 aromatic heterocycles. The number of hydrogen-bond donors (Lipinski definition) is 2. The van der Waals surface area contributed by atoms with Crippen LogP contribution in [0.1, 0.15) is 61.7 Å². The van der Waals surface area contributed by atoms with Crippen LogP contribution in [0, 0.1) is 5.92 Å². The number of halogens is 1.